The van der Waals surface area contributed by atoms with Crippen LogP contribution in [0.5, 0.6) is 0 Å². The first-order valence-electron chi connectivity index (χ1n) is 24.6. The summed E-state index contributed by atoms with van der Waals surface area (Å²) < 4.78 is 5.83. The van der Waals surface area contributed by atoms with Crippen LogP contribution < -0.4 is 5.32 Å². The lowest BCUT2D eigenvalue weighted by Gasteiger charge is -2.24. The van der Waals surface area contributed by atoms with Crippen LogP contribution in [0.2, 0.25) is 0 Å². The van der Waals surface area contributed by atoms with Gasteiger partial charge >= 0.3 is 5.97 Å². The molecule has 6 nitrogen and oxygen atoms in total. The van der Waals surface area contributed by atoms with Crippen molar-refractivity contribution in [2.24, 2.45) is 0 Å². The number of hydrogen-bond donors (Lipinski definition) is 3. The minimum atomic E-state index is -0.825. The number of esters is 1. The molecule has 0 aromatic rings. The van der Waals surface area contributed by atoms with Crippen molar-refractivity contribution in [3.63, 3.8) is 0 Å². The van der Waals surface area contributed by atoms with Gasteiger partial charge in [0.05, 0.1) is 25.2 Å². The molecular formula is C55H91NO5. The summed E-state index contributed by atoms with van der Waals surface area (Å²) in [5, 5.41) is 23.6. The Morgan fingerprint density at radius 2 is 0.918 bits per heavy atom. The van der Waals surface area contributed by atoms with Gasteiger partial charge in [-0.2, -0.15) is 0 Å². The maximum absolute atomic E-state index is 13.1. The number of aliphatic hydroxyl groups is 2. The molecule has 0 aliphatic rings. The molecule has 346 valence electrons. The normalized spacial score (nSPS) is 14.2. The van der Waals surface area contributed by atoms with Crippen molar-refractivity contribution in [2.75, 3.05) is 6.61 Å². The van der Waals surface area contributed by atoms with E-state index in [-0.39, 0.29) is 31.3 Å². The molecular weight excluding hydrogens is 755 g/mol. The van der Waals surface area contributed by atoms with Crippen LogP contribution in [0.3, 0.4) is 0 Å². The van der Waals surface area contributed by atoms with E-state index in [1.54, 1.807) is 0 Å². The van der Waals surface area contributed by atoms with Gasteiger partial charge in [0.1, 0.15) is 6.10 Å². The molecule has 0 bridgehead atoms. The van der Waals surface area contributed by atoms with Gasteiger partial charge in [-0.3, -0.25) is 9.59 Å². The molecule has 0 aliphatic carbocycles. The third kappa shape index (κ3) is 43.0. The Hall–Kier alpha value is -3.48. The van der Waals surface area contributed by atoms with Gasteiger partial charge in [0.2, 0.25) is 5.91 Å². The van der Waals surface area contributed by atoms with Crippen LogP contribution >= 0.6 is 0 Å². The van der Waals surface area contributed by atoms with E-state index in [1.165, 1.54) is 64.2 Å². The number of hydrogen-bond acceptors (Lipinski definition) is 5. The molecule has 0 fully saturated rings. The summed E-state index contributed by atoms with van der Waals surface area (Å²) in [6.45, 7) is 6.27. The molecule has 6 heteroatoms. The van der Waals surface area contributed by atoms with E-state index in [9.17, 15) is 19.8 Å². The summed E-state index contributed by atoms with van der Waals surface area (Å²) in [5.74, 6) is -0.658. The number of unbranched alkanes of at least 4 members (excludes halogenated alkanes) is 13. The van der Waals surface area contributed by atoms with Gasteiger partial charge in [-0.15, -0.1) is 0 Å². The van der Waals surface area contributed by atoms with Gasteiger partial charge < -0.3 is 20.3 Å². The third-order valence-corrected chi connectivity index (χ3v) is 10.3. The van der Waals surface area contributed by atoms with Gasteiger partial charge in [-0.1, -0.05) is 207 Å². The predicted molar refractivity (Wildman–Crippen MR) is 263 cm³/mol. The number of allylic oxidation sites excluding steroid dienone is 17. The molecule has 1 amide bonds. The second-order valence-corrected chi connectivity index (χ2v) is 16.1. The Morgan fingerprint density at radius 3 is 1.39 bits per heavy atom. The quantitative estimate of drug-likeness (QED) is 0.0323. The fourth-order valence-electron chi connectivity index (χ4n) is 6.62. The van der Waals surface area contributed by atoms with Crippen LogP contribution in [0.15, 0.2) is 109 Å². The van der Waals surface area contributed by atoms with Crippen molar-refractivity contribution in [2.45, 2.75) is 219 Å². The van der Waals surface area contributed by atoms with Gasteiger partial charge in [0, 0.05) is 12.8 Å². The first-order chi connectivity index (χ1) is 30.0. The van der Waals surface area contributed by atoms with Crippen LogP contribution in [0, 0.1) is 0 Å². The number of amides is 1. The second-order valence-electron chi connectivity index (χ2n) is 16.1. The Kier molecular flexibility index (Phi) is 44.9. The van der Waals surface area contributed by atoms with Crippen molar-refractivity contribution in [3.05, 3.63) is 109 Å². The lowest BCUT2D eigenvalue weighted by Crippen LogP contribution is -2.46. The van der Waals surface area contributed by atoms with Crippen LogP contribution in [0.25, 0.3) is 0 Å². The molecule has 0 saturated carbocycles. The van der Waals surface area contributed by atoms with Crippen molar-refractivity contribution < 1.29 is 24.5 Å². The highest BCUT2D eigenvalue weighted by Crippen LogP contribution is 2.15. The molecule has 3 N–H and O–H groups in total. The molecule has 0 aromatic heterocycles. The lowest BCUT2D eigenvalue weighted by atomic mass is 10.0. The molecule has 0 aliphatic heterocycles. The van der Waals surface area contributed by atoms with Crippen LogP contribution in [-0.4, -0.2) is 46.9 Å². The molecule has 3 atom stereocenters. The van der Waals surface area contributed by atoms with E-state index in [2.05, 4.69) is 123 Å². The van der Waals surface area contributed by atoms with Crippen molar-refractivity contribution in [1.82, 2.24) is 5.32 Å². The van der Waals surface area contributed by atoms with Gasteiger partial charge in [-0.05, 0) is 83.5 Å². The number of nitrogens with one attached hydrogen (secondary N) is 1. The molecule has 0 aromatic carbocycles. The summed E-state index contributed by atoms with van der Waals surface area (Å²) >= 11 is 0. The van der Waals surface area contributed by atoms with Crippen molar-refractivity contribution >= 4 is 11.9 Å². The minimum Gasteiger partial charge on any atom is -0.461 e. The zero-order chi connectivity index (χ0) is 44.5. The number of rotatable bonds is 42. The molecule has 3 unspecified atom stereocenters. The molecule has 0 heterocycles. The average molecular weight is 846 g/mol. The van der Waals surface area contributed by atoms with E-state index in [0.29, 0.717) is 19.3 Å². The SMILES string of the molecule is CC/C=C\C/C=C\C/C=C\C/C=C\C/C=C\CCCC(=O)OC(C/C=C\C/C=C\C/C=C\C/C=C\CCCCC)CC(=O)NC(CO)C(O)CCCCCCCCCCCC. The Balaban J connectivity index is 4.86. The monoisotopic (exact) mass is 846 g/mol. The Morgan fingerprint density at radius 1 is 0.508 bits per heavy atom. The first kappa shape index (κ1) is 57.5. The van der Waals surface area contributed by atoms with E-state index >= 15 is 0 Å². The summed E-state index contributed by atoms with van der Waals surface area (Å²) in [6.07, 6.45) is 64.5. The highest BCUT2D eigenvalue weighted by molar-refractivity contribution is 5.77. The highest BCUT2D eigenvalue weighted by Gasteiger charge is 2.23. The van der Waals surface area contributed by atoms with Crippen LogP contribution in [0.4, 0.5) is 0 Å². The number of ether oxygens (including phenoxy) is 1. The first-order valence-corrected chi connectivity index (χ1v) is 24.6. The largest absolute Gasteiger partial charge is 0.461 e. The average Bonchev–Trinajstić information content (AvgIpc) is 3.25. The Bertz CT molecular complexity index is 1270. The van der Waals surface area contributed by atoms with Gasteiger partial charge in [0.15, 0.2) is 0 Å². The maximum Gasteiger partial charge on any atom is 0.306 e. The smallest absolute Gasteiger partial charge is 0.306 e. The zero-order valence-corrected chi connectivity index (χ0v) is 39.2. The van der Waals surface area contributed by atoms with E-state index in [4.69, 9.17) is 4.74 Å². The second kappa shape index (κ2) is 47.6. The number of carbonyl (C=O) groups is 2. The highest BCUT2D eigenvalue weighted by atomic mass is 16.5. The van der Waals surface area contributed by atoms with Crippen LogP contribution in [-0.2, 0) is 14.3 Å². The van der Waals surface area contributed by atoms with Gasteiger partial charge in [0.25, 0.3) is 0 Å². The van der Waals surface area contributed by atoms with Crippen molar-refractivity contribution in [3.8, 4) is 0 Å². The minimum absolute atomic E-state index is 0.0278. The maximum atomic E-state index is 13.1. The van der Waals surface area contributed by atoms with E-state index < -0.39 is 18.2 Å². The van der Waals surface area contributed by atoms with Gasteiger partial charge in [-0.25, -0.2) is 0 Å². The Labute approximate surface area is 375 Å². The molecule has 0 saturated heterocycles. The molecule has 0 spiro atoms. The molecule has 0 radical (unpaired) electrons. The number of aliphatic hydroxyl groups excluding tert-OH is 2. The van der Waals surface area contributed by atoms with E-state index in [0.717, 1.165) is 83.5 Å². The third-order valence-electron chi connectivity index (χ3n) is 10.3. The fraction of sp³-hybridized carbons (Fsp3) is 0.636. The summed E-state index contributed by atoms with van der Waals surface area (Å²) in [6, 6.07) is -0.748. The molecule has 0 rings (SSSR count). The lowest BCUT2D eigenvalue weighted by molar-refractivity contribution is -0.150. The van der Waals surface area contributed by atoms with Crippen molar-refractivity contribution in [1.29, 1.82) is 0 Å². The summed E-state index contributed by atoms with van der Waals surface area (Å²) in [7, 11) is 0. The predicted octanol–water partition coefficient (Wildman–Crippen LogP) is 14.7. The zero-order valence-electron chi connectivity index (χ0n) is 39.2. The summed E-state index contributed by atoms with van der Waals surface area (Å²) in [4.78, 5) is 26.0. The topological polar surface area (TPSA) is 95.9 Å². The standard InChI is InChI=1S/C55H91NO5/c1-4-7-10-13-16-19-22-24-26-27-29-31-33-36-39-42-45-48-55(60)61-51(46-43-40-37-34-32-30-28-25-23-20-17-14-11-8-5-2)49-54(59)56-52(50-57)53(58)47-44-41-38-35-21-18-15-12-9-6-3/h7,10,16-17,19-20,24-26,28-29,31-32,34,36,39-40,43,51-53,57-58H,4-6,8-9,11-15,18,21-23,27,30,33,35,37-38,41-42,44-50H2,1-3H3,(H,56,59)/b10-7-,19-16-,20-17-,26-24-,28-25-,31-29-,34-32-,39-36-,43-40-. The fourth-order valence-corrected chi connectivity index (χ4v) is 6.62. The summed E-state index contributed by atoms with van der Waals surface area (Å²) in [5.41, 5.74) is 0. The molecule has 61 heavy (non-hydrogen) atoms. The van der Waals surface area contributed by atoms with E-state index in [1.807, 2.05) is 12.2 Å². The van der Waals surface area contributed by atoms with Crippen LogP contribution in [0.1, 0.15) is 201 Å². The number of carbonyl (C=O) groups excluding carboxylic acids is 2.